The first-order chi connectivity index (χ1) is 12.7. The van der Waals surface area contributed by atoms with Crippen molar-refractivity contribution in [3.8, 4) is 0 Å². The molecule has 3 aromatic rings. The number of aromatic nitrogens is 2. The summed E-state index contributed by atoms with van der Waals surface area (Å²) in [7, 11) is 0. The zero-order valence-electron chi connectivity index (χ0n) is 14.8. The van der Waals surface area contributed by atoms with E-state index in [0.717, 1.165) is 22.1 Å². The standard InChI is InChI=1S/C20H21N3OS2/c1-3-25-17-12-8-7-11-16(17)19(24)21-20-23-22-18(26-20)13-14(2)15-9-5-4-6-10-15/h4-12,14H,3,13H2,1-2H3,(H,21,23,24)/t14-/m1/s1. The number of carbonyl (C=O) groups is 1. The molecule has 0 aliphatic heterocycles. The number of nitrogens with one attached hydrogen (secondary N) is 1. The van der Waals surface area contributed by atoms with Crippen LogP contribution < -0.4 is 5.32 Å². The number of hydrogen-bond acceptors (Lipinski definition) is 5. The minimum absolute atomic E-state index is 0.139. The summed E-state index contributed by atoms with van der Waals surface area (Å²) in [5, 5.41) is 12.7. The minimum atomic E-state index is -0.139. The Kier molecular flexibility index (Phi) is 6.41. The molecule has 1 N–H and O–H groups in total. The van der Waals surface area contributed by atoms with Crippen LogP contribution in [0.3, 0.4) is 0 Å². The van der Waals surface area contributed by atoms with E-state index < -0.39 is 0 Å². The highest BCUT2D eigenvalue weighted by molar-refractivity contribution is 7.99. The molecule has 3 rings (SSSR count). The number of rotatable bonds is 7. The molecule has 1 heterocycles. The number of carbonyl (C=O) groups excluding carboxylic acids is 1. The van der Waals surface area contributed by atoms with Crippen molar-refractivity contribution >= 4 is 34.1 Å². The van der Waals surface area contributed by atoms with Gasteiger partial charge in [0.05, 0.1) is 5.56 Å². The van der Waals surface area contributed by atoms with Crippen LogP contribution in [-0.2, 0) is 6.42 Å². The van der Waals surface area contributed by atoms with Gasteiger partial charge >= 0.3 is 0 Å². The summed E-state index contributed by atoms with van der Waals surface area (Å²) in [6.07, 6.45) is 0.805. The second-order valence-corrected chi connectivity index (χ2v) is 8.27. The fraction of sp³-hybridized carbons (Fsp3) is 0.250. The van der Waals surface area contributed by atoms with E-state index in [1.807, 2.05) is 42.5 Å². The number of amides is 1. The molecule has 0 saturated carbocycles. The highest BCUT2D eigenvalue weighted by Crippen LogP contribution is 2.26. The second-order valence-electron chi connectivity index (χ2n) is 5.90. The Labute approximate surface area is 162 Å². The van der Waals surface area contributed by atoms with Crippen molar-refractivity contribution in [2.45, 2.75) is 31.1 Å². The Hall–Kier alpha value is -2.18. The molecule has 134 valence electrons. The molecule has 0 aliphatic rings. The third-order valence-electron chi connectivity index (χ3n) is 3.97. The fourth-order valence-corrected chi connectivity index (χ4v) is 4.31. The van der Waals surface area contributed by atoms with Crippen LogP contribution in [0.25, 0.3) is 0 Å². The normalized spacial score (nSPS) is 11.9. The summed E-state index contributed by atoms with van der Waals surface area (Å²) in [5.74, 6) is 1.14. The van der Waals surface area contributed by atoms with E-state index in [2.05, 4.69) is 41.5 Å². The average molecular weight is 384 g/mol. The monoisotopic (exact) mass is 383 g/mol. The summed E-state index contributed by atoms with van der Waals surface area (Å²) >= 11 is 3.10. The molecule has 1 amide bonds. The van der Waals surface area contributed by atoms with Crippen LogP contribution in [0.2, 0.25) is 0 Å². The first-order valence-corrected chi connectivity index (χ1v) is 10.4. The predicted octanol–water partition coefficient (Wildman–Crippen LogP) is 5.25. The second kappa shape index (κ2) is 8.96. The van der Waals surface area contributed by atoms with E-state index >= 15 is 0 Å². The van der Waals surface area contributed by atoms with Gasteiger partial charge in [-0.1, -0.05) is 67.6 Å². The van der Waals surface area contributed by atoms with Gasteiger partial charge in [0.25, 0.3) is 5.91 Å². The van der Waals surface area contributed by atoms with Crippen LogP contribution in [-0.4, -0.2) is 21.9 Å². The van der Waals surface area contributed by atoms with Gasteiger partial charge in [-0.3, -0.25) is 10.1 Å². The summed E-state index contributed by atoms with van der Waals surface area (Å²) < 4.78 is 0. The van der Waals surface area contributed by atoms with Gasteiger partial charge in [0.1, 0.15) is 5.01 Å². The first kappa shape index (κ1) is 18.6. The van der Waals surface area contributed by atoms with Crippen LogP contribution in [0.5, 0.6) is 0 Å². The summed E-state index contributed by atoms with van der Waals surface area (Å²) in [5.41, 5.74) is 1.95. The third kappa shape index (κ3) is 4.71. The number of benzene rings is 2. The molecular weight excluding hydrogens is 362 g/mol. The molecule has 0 spiro atoms. The van der Waals surface area contributed by atoms with Crippen LogP contribution in [0, 0.1) is 0 Å². The minimum Gasteiger partial charge on any atom is -0.296 e. The van der Waals surface area contributed by atoms with Gasteiger partial charge in [0.15, 0.2) is 0 Å². The largest absolute Gasteiger partial charge is 0.296 e. The Morgan fingerprint density at radius 3 is 2.62 bits per heavy atom. The molecule has 0 fully saturated rings. The van der Waals surface area contributed by atoms with Crippen molar-refractivity contribution in [1.29, 1.82) is 0 Å². The van der Waals surface area contributed by atoms with Gasteiger partial charge in [-0.15, -0.1) is 22.0 Å². The van der Waals surface area contributed by atoms with Gasteiger partial charge in [-0.2, -0.15) is 0 Å². The lowest BCUT2D eigenvalue weighted by molar-refractivity contribution is 0.102. The highest BCUT2D eigenvalue weighted by Gasteiger charge is 2.15. The molecule has 4 nitrogen and oxygen atoms in total. The maximum absolute atomic E-state index is 12.6. The van der Waals surface area contributed by atoms with Crippen LogP contribution in [0.15, 0.2) is 59.5 Å². The molecule has 0 radical (unpaired) electrons. The molecule has 26 heavy (non-hydrogen) atoms. The number of hydrogen-bond donors (Lipinski definition) is 1. The van der Waals surface area contributed by atoms with Crippen LogP contribution >= 0.6 is 23.1 Å². The number of anilines is 1. The molecule has 2 aromatic carbocycles. The van der Waals surface area contributed by atoms with E-state index in [9.17, 15) is 4.79 Å². The first-order valence-electron chi connectivity index (χ1n) is 8.58. The molecule has 0 bridgehead atoms. The molecule has 1 atom stereocenters. The molecule has 1 aromatic heterocycles. The molecular formula is C20H21N3OS2. The lowest BCUT2D eigenvalue weighted by Crippen LogP contribution is -2.12. The summed E-state index contributed by atoms with van der Waals surface area (Å²) in [4.78, 5) is 13.6. The Balaban J connectivity index is 1.66. The van der Waals surface area contributed by atoms with E-state index in [4.69, 9.17) is 0 Å². The van der Waals surface area contributed by atoms with Crippen LogP contribution in [0.1, 0.15) is 40.7 Å². The summed E-state index contributed by atoms with van der Waals surface area (Å²) in [6.45, 7) is 4.25. The van der Waals surface area contributed by atoms with Gasteiger partial charge in [-0.05, 0) is 29.4 Å². The SMILES string of the molecule is CCSc1ccccc1C(=O)Nc1nnc(C[C@@H](C)c2ccccc2)s1. The molecule has 6 heteroatoms. The Bertz CT molecular complexity index is 864. The zero-order chi connectivity index (χ0) is 18.4. The van der Waals surface area contributed by atoms with E-state index in [1.165, 1.54) is 16.9 Å². The van der Waals surface area contributed by atoms with Crippen molar-refractivity contribution in [2.24, 2.45) is 0 Å². The molecule has 0 saturated heterocycles. The molecule has 0 aliphatic carbocycles. The van der Waals surface area contributed by atoms with E-state index in [-0.39, 0.29) is 5.91 Å². The van der Waals surface area contributed by atoms with Gasteiger partial charge in [0, 0.05) is 11.3 Å². The number of thioether (sulfide) groups is 1. The van der Waals surface area contributed by atoms with Gasteiger partial charge < -0.3 is 0 Å². The Morgan fingerprint density at radius 2 is 1.85 bits per heavy atom. The topological polar surface area (TPSA) is 54.9 Å². The van der Waals surface area contributed by atoms with Crippen molar-refractivity contribution in [3.63, 3.8) is 0 Å². The fourth-order valence-electron chi connectivity index (χ4n) is 2.65. The van der Waals surface area contributed by atoms with Crippen LogP contribution in [0.4, 0.5) is 5.13 Å². The quantitative estimate of drug-likeness (QED) is 0.566. The highest BCUT2D eigenvalue weighted by atomic mass is 32.2. The predicted molar refractivity (Wildman–Crippen MR) is 109 cm³/mol. The summed E-state index contributed by atoms with van der Waals surface area (Å²) in [6, 6.07) is 18.0. The zero-order valence-corrected chi connectivity index (χ0v) is 16.4. The van der Waals surface area contributed by atoms with E-state index in [0.29, 0.717) is 16.6 Å². The van der Waals surface area contributed by atoms with Gasteiger partial charge in [0.2, 0.25) is 5.13 Å². The Morgan fingerprint density at radius 1 is 1.12 bits per heavy atom. The lowest BCUT2D eigenvalue weighted by atomic mass is 9.98. The lowest BCUT2D eigenvalue weighted by Gasteiger charge is -2.09. The third-order valence-corrected chi connectivity index (χ3v) is 5.78. The molecule has 0 unspecified atom stereocenters. The van der Waals surface area contributed by atoms with Crippen molar-refractivity contribution in [2.75, 3.05) is 11.1 Å². The van der Waals surface area contributed by atoms with Crippen molar-refractivity contribution in [1.82, 2.24) is 10.2 Å². The van der Waals surface area contributed by atoms with Crippen molar-refractivity contribution in [3.05, 3.63) is 70.7 Å². The van der Waals surface area contributed by atoms with Gasteiger partial charge in [-0.25, -0.2) is 0 Å². The van der Waals surface area contributed by atoms with Crippen molar-refractivity contribution < 1.29 is 4.79 Å². The average Bonchev–Trinajstić information content (AvgIpc) is 3.10. The van der Waals surface area contributed by atoms with E-state index in [1.54, 1.807) is 11.8 Å². The smallest absolute Gasteiger partial charge is 0.258 e. The maximum Gasteiger partial charge on any atom is 0.258 e. The number of nitrogens with zero attached hydrogens (tertiary/aromatic N) is 2. The maximum atomic E-state index is 12.6.